The lowest BCUT2D eigenvalue weighted by molar-refractivity contribution is 0.0729. The molecule has 5 nitrogen and oxygen atoms in total. The molecule has 0 radical (unpaired) electrons. The molecule has 20 heavy (non-hydrogen) atoms. The summed E-state index contributed by atoms with van der Waals surface area (Å²) in [7, 11) is 1.51. The van der Waals surface area contributed by atoms with Crippen LogP contribution < -0.4 is 15.2 Å². The van der Waals surface area contributed by atoms with Gasteiger partial charge in [-0.25, -0.2) is 4.79 Å². The zero-order valence-electron chi connectivity index (χ0n) is 10.9. The summed E-state index contributed by atoms with van der Waals surface area (Å²) in [6.07, 6.45) is 0. The van der Waals surface area contributed by atoms with E-state index in [1.54, 1.807) is 48.5 Å². The van der Waals surface area contributed by atoms with Crippen molar-refractivity contribution in [2.24, 2.45) is 5.73 Å². The van der Waals surface area contributed by atoms with Gasteiger partial charge in [-0.3, -0.25) is 5.41 Å². The van der Waals surface area contributed by atoms with Crippen LogP contribution in [-0.2, 0) is 0 Å². The highest BCUT2D eigenvalue weighted by Crippen LogP contribution is 2.26. The van der Waals surface area contributed by atoms with E-state index in [0.29, 0.717) is 22.6 Å². The molecule has 0 aliphatic rings. The Balaban J connectivity index is 2.17. The first-order valence-electron chi connectivity index (χ1n) is 5.91. The van der Waals surface area contributed by atoms with Crippen molar-refractivity contribution in [2.45, 2.75) is 0 Å². The molecule has 5 heteroatoms. The number of benzene rings is 2. The summed E-state index contributed by atoms with van der Waals surface area (Å²) in [5.74, 6) is 0.302. The molecule has 0 heterocycles. The van der Waals surface area contributed by atoms with Crippen LogP contribution in [0.4, 0.5) is 0 Å². The number of carbonyl (C=O) groups is 1. The first kappa shape index (κ1) is 13.6. The number of para-hydroxylation sites is 2. The second kappa shape index (κ2) is 5.88. The van der Waals surface area contributed by atoms with Gasteiger partial charge in [-0.1, -0.05) is 24.3 Å². The van der Waals surface area contributed by atoms with Crippen molar-refractivity contribution in [2.75, 3.05) is 7.11 Å². The minimum Gasteiger partial charge on any atom is -0.493 e. The zero-order valence-corrected chi connectivity index (χ0v) is 10.9. The van der Waals surface area contributed by atoms with E-state index in [1.807, 2.05) is 0 Å². The third kappa shape index (κ3) is 2.95. The van der Waals surface area contributed by atoms with E-state index in [1.165, 1.54) is 7.11 Å². The number of hydrogen-bond donors (Lipinski definition) is 2. The van der Waals surface area contributed by atoms with Crippen molar-refractivity contribution in [3.05, 3.63) is 59.7 Å². The largest absolute Gasteiger partial charge is 0.493 e. The summed E-state index contributed by atoms with van der Waals surface area (Å²) in [5, 5.41) is 7.29. The summed E-state index contributed by atoms with van der Waals surface area (Å²) in [4.78, 5) is 12.0. The van der Waals surface area contributed by atoms with Crippen molar-refractivity contribution in [3.8, 4) is 11.5 Å². The number of amidine groups is 1. The smallest absolute Gasteiger partial charge is 0.343 e. The molecule has 2 rings (SSSR count). The molecule has 0 fully saturated rings. The van der Waals surface area contributed by atoms with Crippen molar-refractivity contribution in [3.63, 3.8) is 0 Å². The second-order valence-corrected chi connectivity index (χ2v) is 4.03. The van der Waals surface area contributed by atoms with Crippen LogP contribution in [0.2, 0.25) is 0 Å². The molecule has 0 aliphatic carbocycles. The molecule has 0 unspecified atom stereocenters. The van der Waals surface area contributed by atoms with Crippen LogP contribution in [0.5, 0.6) is 11.5 Å². The Morgan fingerprint density at radius 2 is 1.55 bits per heavy atom. The van der Waals surface area contributed by atoms with Crippen LogP contribution in [0.15, 0.2) is 48.5 Å². The first-order valence-corrected chi connectivity index (χ1v) is 5.91. The fraction of sp³-hybridized carbons (Fsp3) is 0.0667. The number of ether oxygens (including phenoxy) is 2. The van der Waals surface area contributed by atoms with Crippen molar-refractivity contribution in [1.29, 1.82) is 5.41 Å². The molecule has 0 saturated carbocycles. The Hall–Kier alpha value is -2.82. The Kier molecular flexibility index (Phi) is 4.00. The van der Waals surface area contributed by atoms with E-state index in [9.17, 15) is 4.79 Å². The fourth-order valence-electron chi connectivity index (χ4n) is 1.65. The lowest BCUT2D eigenvalue weighted by Crippen LogP contribution is -2.12. The van der Waals surface area contributed by atoms with Gasteiger partial charge in [0.05, 0.1) is 12.7 Å². The molecule has 0 atom stereocenters. The van der Waals surface area contributed by atoms with Gasteiger partial charge >= 0.3 is 5.97 Å². The average molecular weight is 270 g/mol. The van der Waals surface area contributed by atoms with E-state index in [0.717, 1.165) is 0 Å². The standard InChI is InChI=1S/C15H14N2O3/c1-19-12-4-2-3-5-13(12)20-15(18)11-8-6-10(7-9-11)14(16)17/h2-9H,1H3,(H3,16,17). The summed E-state index contributed by atoms with van der Waals surface area (Å²) in [6.45, 7) is 0. The van der Waals surface area contributed by atoms with Gasteiger partial charge in [0.1, 0.15) is 5.84 Å². The number of hydrogen-bond acceptors (Lipinski definition) is 4. The van der Waals surface area contributed by atoms with Crippen LogP contribution in [0, 0.1) is 5.41 Å². The van der Waals surface area contributed by atoms with E-state index < -0.39 is 5.97 Å². The molecule has 0 saturated heterocycles. The van der Waals surface area contributed by atoms with Gasteiger partial charge in [-0.2, -0.15) is 0 Å². The molecule has 0 aromatic heterocycles. The fourth-order valence-corrected chi connectivity index (χ4v) is 1.65. The Bertz CT molecular complexity index is 636. The molecule has 0 bridgehead atoms. The highest BCUT2D eigenvalue weighted by atomic mass is 16.6. The predicted octanol–water partition coefficient (Wildman–Crippen LogP) is 2.20. The Morgan fingerprint density at radius 3 is 2.10 bits per heavy atom. The van der Waals surface area contributed by atoms with Gasteiger partial charge in [0.2, 0.25) is 0 Å². The lowest BCUT2D eigenvalue weighted by Gasteiger charge is -2.08. The summed E-state index contributed by atoms with van der Waals surface area (Å²) < 4.78 is 10.4. The van der Waals surface area contributed by atoms with Crippen molar-refractivity contribution in [1.82, 2.24) is 0 Å². The van der Waals surface area contributed by atoms with Gasteiger partial charge in [0.15, 0.2) is 11.5 Å². The third-order valence-electron chi connectivity index (χ3n) is 2.70. The van der Waals surface area contributed by atoms with E-state index in [2.05, 4.69) is 0 Å². The molecule has 2 aromatic carbocycles. The topological polar surface area (TPSA) is 85.4 Å². The maximum Gasteiger partial charge on any atom is 0.343 e. The zero-order chi connectivity index (χ0) is 14.5. The minimum atomic E-state index is -0.496. The normalized spacial score (nSPS) is 9.85. The number of nitrogens with one attached hydrogen (secondary N) is 1. The SMILES string of the molecule is COc1ccccc1OC(=O)c1ccc(C(=N)N)cc1. The molecular weight excluding hydrogens is 256 g/mol. The third-order valence-corrected chi connectivity index (χ3v) is 2.70. The Labute approximate surface area is 116 Å². The Morgan fingerprint density at radius 1 is 1.00 bits per heavy atom. The summed E-state index contributed by atoms with van der Waals surface area (Å²) in [6, 6.07) is 13.2. The van der Waals surface area contributed by atoms with Crippen LogP contribution >= 0.6 is 0 Å². The number of rotatable bonds is 4. The summed E-state index contributed by atoms with van der Waals surface area (Å²) in [5.41, 5.74) is 6.28. The second-order valence-electron chi connectivity index (χ2n) is 4.03. The van der Waals surface area contributed by atoms with Crippen LogP contribution in [0.1, 0.15) is 15.9 Å². The highest BCUT2D eigenvalue weighted by molar-refractivity contribution is 5.97. The highest BCUT2D eigenvalue weighted by Gasteiger charge is 2.11. The van der Waals surface area contributed by atoms with Crippen molar-refractivity contribution < 1.29 is 14.3 Å². The van der Waals surface area contributed by atoms with Crippen molar-refractivity contribution >= 4 is 11.8 Å². The average Bonchev–Trinajstić information content (AvgIpc) is 2.48. The molecule has 0 spiro atoms. The van der Waals surface area contributed by atoms with Crippen LogP contribution in [0.25, 0.3) is 0 Å². The van der Waals surface area contributed by atoms with Crippen LogP contribution in [0.3, 0.4) is 0 Å². The molecule has 3 N–H and O–H groups in total. The summed E-state index contributed by atoms with van der Waals surface area (Å²) >= 11 is 0. The first-order chi connectivity index (χ1) is 9.61. The number of nitrogens with two attached hydrogens (primary N) is 1. The molecule has 0 amide bonds. The minimum absolute atomic E-state index is 0.0466. The maximum atomic E-state index is 12.0. The molecular formula is C15H14N2O3. The van der Waals surface area contributed by atoms with Gasteiger partial charge in [0, 0.05) is 5.56 Å². The lowest BCUT2D eigenvalue weighted by atomic mass is 10.1. The number of methoxy groups -OCH3 is 1. The van der Waals surface area contributed by atoms with Gasteiger partial charge < -0.3 is 15.2 Å². The quantitative estimate of drug-likeness (QED) is 0.386. The predicted molar refractivity (Wildman–Crippen MR) is 75.4 cm³/mol. The monoisotopic (exact) mass is 270 g/mol. The van der Waals surface area contributed by atoms with E-state index in [4.69, 9.17) is 20.6 Å². The van der Waals surface area contributed by atoms with E-state index >= 15 is 0 Å². The maximum absolute atomic E-state index is 12.0. The molecule has 102 valence electrons. The number of nitrogen functional groups attached to an aromatic ring is 1. The van der Waals surface area contributed by atoms with Gasteiger partial charge in [-0.05, 0) is 24.3 Å². The number of carbonyl (C=O) groups excluding carboxylic acids is 1. The van der Waals surface area contributed by atoms with Gasteiger partial charge in [-0.15, -0.1) is 0 Å². The molecule has 0 aliphatic heterocycles. The van der Waals surface area contributed by atoms with E-state index in [-0.39, 0.29) is 5.84 Å². The van der Waals surface area contributed by atoms with Gasteiger partial charge in [0.25, 0.3) is 0 Å². The molecule has 2 aromatic rings. The van der Waals surface area contributed by atoms with Crippen LogP contribution in [-0.4, -0.2) is 18.9 Å². The number of esters is 1.